The Morgan fingerprint density at radius 2 is 2.17 bits per heavy atom. The van der Waals surface area contributed by atoms with E-state index in [9.17, 15) is 4.79 Å². The van der Waals surface area contributed by atoms with Gasteiger partial charge in [-0.25, -0.2) is 0 Å². The number of ketones is 1. The summed E-state index contributed by atoms with van der Waals surface area (Å²) in [5.41, 5.74) is 0. The van der Waals surface area contributed by atoms with Crippen LogP contribution in [0.4, 0.5) is 0 Å². The first-order chi connectivity index (χ1) is 5.59. The third-order valence-electron chi connectivity index (χ3n) is 2.79. The molecule has 0 saturated heterocycles. The van der Waals surface area contributed by atoms with Crippen LogP contribution in [0.25, 0.3) is 0 Å². The van der Waals surface area contributed by atoms with Crippen LogP contribution in [-0.2, 0) is 4.79 Å². The van der Waals surface area contributed by atoms with E-state index < -0.39 is 0 Å². The normalized spacial score (nSPS) is 33.1. The molecule has 1 fully saturated rings. The van der Waals surface area contributed by atoms with Gasteiger partial charge in [-0.1, -0.05) is 20.8 Å². The van der Waals surface area contributed by atoms with Crippen LogP contribution < -0.4 is 0 Å². The van der Waals surface area contributed by atoms with E-state index in [1.54, 1.807) is 0 Å². The molecule has 3 unspecified atom stereocenters. The van der Waals surface area contributed by atoms with Crippen molar-refractivity contribution in [3.05, 3.63) is 0 Å². The van der Waals surface area contributed by atoms with Gasteiger partial charge in [-0.3, -0.25) is 4.79 Å². The molecule has 1 aliphatic rings. The fourth-order valence-corrected chi connectivity index (χ4v) is 1.82. The predicted octanol–water partition coefficient (Wildman–Crippen LogP) is 2.01. The monoisotopic (exact) mass is 165 g/mol. The Labute approximate surface area is 73.6 Å². The van der Waals surface area contributed by atoms with E-state index in [4.69, 9.17) is 5.26 Å². The summed E-state index contributed by atoms with van der Waals surface area (Å²) in [7, 11) is 0. The van der Waals surface area contributed by atoms with Crippen LogP contribution in [0, 0.1) is 35.0 Å². The van der Waals surface area contributed by atoms with Crippen molar-refractivity contribution < 1.29 is 4.79 Å². The molecule has 1 rings (SSSR count). The molecule has 2 heteroatoms. The second-order valence-electron chi connectivity index (χ2n) is 3.97. The third kappa shape index (κ3) is 1.50. The maximum atomic E-state index is 11.5. The molecule has 12 heavy (non-hydrogen) atoms. The summed E-state index contributed by atoms with van der Waals surface area (Å²) in [5.74, 6) is 1.44. The molecule has 0 aromatic rings. The highest BCUT2D eigenvalue weighted by Crippen LogP contribution is 2.49. The smallest absolute Gasteiger partial charge is 0.139 e. The molecule has 0 aromatic heterocycles. The Bertz CT molecular complexity index is 226. The van der Waals surface area contributed by atoms with Gasteiger partial charge >= 0.3 is 0 Å². The summed E-state index contributed by atoms with van der Waals surface area (Å²) in [6.07, 6.45) is 0.546. The summed E-state index contributed by atoms with van der Waals surface area (Å²) < 4.78 is 0. The predicted molar refractivity (Wildman–Crippen MR) is 46.2 cm³/mol. The Kier molecular flexibility index (Phi) is 2.52. The molecule has 2 nitrogen and oxygen atoms in total. The minimum absolute atomic E-state index is 0.126. The maximum Gasteiger partial charge on any atom is 0.139 e. The molecule has 1 aliphatic carbocycles. The first-order valence-electron chi connectivity index (χ1n) is 4.50. The average Bonchev–Trinajstić information content (AvgIpc) is 2.61. The van der Waals surface area contributed by atoms with Crippen molar-refractivity contribution in [2.24, 2.45) is 23.7 Å². The molecule has 3 atom stereocenters. The minimum Gasteiger partial charge on any atom is -0.299 e. The zero-order chi connectivity index (χ0) is 9.30. The summed E-state index contributed by atoms with van der Waals surface area (Å²) in [6.45, 7) is 5.92. The van der Waals surface area contributed by atoms with Crippen LogP contribution in [-0.4, -0.2) is 5.78 Å². The van der Waals surface area contributed by atoms with Gasteiger partial charge in [-0.2, -0.15) is 5.26 Å². The second-order valence-corrected chi connectivity index (χ2v) is 3.97. The lowest BCUT2D eigenvalue weighted by atomic mass is 10.0. The van der Waals surface area contributed by atoms with Crippen LogP contribution in [0.1, 0.15) is 27.2 Å². The highest BCUT2D eigenvalue weighted by Gasteiger charge is 2.51. The average molecular weight is 165 g/mol. The van der Waals surface area contributed by atoms with Crippen LogP contribution >= 0.6 is 0 Å². The summed E-state index contributed by atoms with van der Waals surface area (Å²) in [6, 6.07) is 2.13. The Morgan fingerprint density at radius 1 is 1.58 bits per heavy atom. The van der Waals surface area contributed by atoms with Crippen molar-refractivity contribution in [1.29, 1.82) is 5.26 Å². The Balaban J connectivity index is 2.48. The van der Waals surface area contributed by atoms with Gasteiger partial charge in [0.25, 0.3) is 0 Å². The third-order valence-corrected chi connectivity index (χ3v) is 2.79. The maximum absolute atomic E-state index is 11.5. The highest BCUT2D eigenvalue weighted by atomic mass is 16.1. The zero-order valence-electron chi connectivity index (χ0n) is 7.87. The molecule has 0 spiro atoms. The number of hydrogen-bond donors (Lipinski definition) is 0. The van der Waals surface area contributed by atoms with Gasteiger partial charge in [0.05, 0.1) is 6.07 Å². The van der Waals surface area contributed by atoms with Crippen LogP contribution in [0.3, 0.4) is 0 Å². The number of nitrogens with zero attached hydrogens (tertiary/aromatic N) is 1. The van der Waals surface area contributed by atoms with Gasteiger partial charge in [-0.15, -0.1) is 0 Å². The number of carbonyl (C=O) groups excluding carboxylic acids is 1. The molecule has 0 N–H and O–H groups in total. The van der Waals surface area contributed by atoms with Crippen LogP contribution in [0.2, 0.25) is 0 Å². The van der Waals surface area contributed by atoms with Crippen molar-refractivity contribution in [2.45, 2.75) is 27.2 Å². The number of hydrogen-bond acceptors (Lipinski definition) is 2. The summed E-state index contributed by atoms with van der Waals surface area (Å²) in [5, 5.41) is 8.47. The quantitative estimate of drug-likeness (QED) is 0.641. The lowest BCUT2D eigenvalue weighted by Crippen LogP contribution is -2.10. The molecule has 0 heterocycles. The first-order valence-corrected chi connectivity index (χ1v) is 4.50. The van der Waals surface area contributed by atoms with Crippen molar-refractivity contribution in [3.63, 3.8) is 0 Å². The van der Waals surface area contributed by atoms with E-state index in [2.05, 4.69) is 13.0 Å². The molecule has 66 valence electrons. The van der Waals surface area contributed by atoms with Gasteiger partial charge in [0.2, 0.25) is 0 Å². The number of rotatable bonds is 3. The van der Waals surface area contributed by atoms with Crippen molar-refractivity contribution in [2.75, 3.05) is 0 Å². The molecule has 1 saturated carbocycles. The van der Waals surface area contributed by atoms with Gasteiger partial charge < -0.3 is 0 Å². The summed E-state index contributed by atoms with van der Waals surface area (Å²) in [4.78, 5) is 11.5. The molecule has 0 bridgehead atoms. The minimum atomic E-state index is 0.126. The highest BCUT2D eigenvalue weighted by molar-refractivity contribution is 5.85. The number of Topliss-reactive ketones (excluding diaryl/α,β-unsaturated/α-hetero) is 1. The number of nitriles is 1. The molecule has 0 amide bonds. The Morgan fingerprint density at radius 3 is 2.58 bits per heavy atom. The van der Waals surface area contributed by atoms with Gasteiger partial charge in [0.15, 0.2) is 0 Å². The van der Waals surface area contributed by atoms with E-state index in [1.807, 2.05) is 13.8 Å². The fraction of sp³-hybridized carbons (Fsp3) is 0.800. The molecular weight excluding hydrogens is 150 g/mol. The van der Waals surface area contributed by atoms with E-state index >= 15 is 0 Å². The van der Waals surface area contributed by atoms with E-state index in [1.165, 1.54) is 0 Å². The van der Waals surface area contributed by atoms with Crippen molar-refractivity contribution >= 4 is 5.78 Å². The fourth-order valence-electron chi connectivity index (χ4n) is 1.82. The lowest BCUT2D eigenvalue weighted by Gasteiger charge is -2.00. The topological polar surface area (TPSA) is 40.9 Å². The van der Waals surface area contributed by atoms with E-state index in [-0.39, 0.29) is 11.8 Å². The molecule has 0 radical (unpaired) electrons. The van der Waals surface area contributed by atoms with Crippen molar-refractivity contribution in [3.8, 4) is 6.07 Å². The molecule has 0 aliphatic heterocycles. The van der Waals surface area contributed by atoms with E-state index in [0.717, 1.165) is 0 Å². The van der Waals surface area contributed by atoms with Crippen molar-refractivity contribution in [1.82, 2.24) is 0 Å². The van der Waals surface area contributed by atoms with Gasteiger partial charge in [0.1, 0.15) is 5.78 Å². The SMILES string of the molecule is CC(C)C(=O)C1C(C)C1CC#N. The Hall–Kier alpha value is -0.840. The first kappa shape index (κ1) is 9.25. The van der Waals surface area contributed by atoms with E-state index in [0.29, 0.717) is 24.0 Å². The zero-order valence-corrected chi connectivity index (χ0v) is 7.87. The molecule has 0 aromatic carbocycles. The number of carbonyl (C=O) groups is 1. The van der Waals surface area contributed by atoms with Gasteiger partial charge in [-0.05, 0) is 11.8 Å². The lowest BCUT2D eigenvalue weighted by molar-refractivity contribution is -0.123. The second kappa shape index (κ2) is 3.26. The molecular formula is C10H15NO. The van der Waals surface area contributed by atoms with Crippen LogP contribution in [0.5, 0.6) is 0 Å². The largest absolute Gasteiger partial charge is 0.299 e. The van der Waals surface area contributed by atoms with Gasteiger partial charge in [0, 0.05) is 18.3 Å². The summed E-state index contributed by atoms with van der Waals surface area (Å²) >= 11 is 0. The standard InChI is InChI=1S/C10H15NO/c1-6(2)10(12)9-7(3)8(9)4-5-11/h6-9H,4H2,1-3H3. The van der Waals surface area contributed by atoms with Crippen LogP contribution in [0.15, 0.2) is 0 Å².